The van der Waals surface area contributed by atoms with Gasteiger partial charge in [-0.1, -0.05) is 0 Å². The van der Waals surface area contributed by atoms with Gasteiger partial charge in [-0.15, -0.1) is 5.10 Å². The quantitative estimate of drug-likeness (QED) is 0.836. The summed E-state index contributed by atoms with van der Waals surface area (Å²) in [5.74, 6) is 0.960. The Morgan fingerprint density at radius 3 is 2.83 bits per heavy atom. The third-order valence-corrected chi connectivity index (χ3v) is 2.72. The average Bonchev–Trinajstić information content (AvgIpc) is 3.12. The number of aromatic amines is 1. The second-order valence-corrected chi connectivity index (χ2v) is 4.49. The van der Waals surface area contributed by atoms with Gasteiger partial charge in [0.1, 0.15) is 0 Å². The number of rotatable bonds is 5. The Balaban J connectivity index is 1.59. The van der Waals surface area contributed by atoms with E-state index in [0.29, 0.717) is 17.8 Å². The van der Waals surface area contributed by atoms with E-state index in [1.165, 1.54) is 12.8 Å². The minimum atomic E-state index is 0.455. The number of H-pyrrole nitrogens is 1. The molecule has 2 heterocycles. The fourth-order valence-corrected chi connectivity index (χ4v) is 1.58. The molecule has 2 N–H and O–H groups in total. The molecule has 0 unspecified atom stereocenters. The molecule has 2 aromatic rings. The molecule has 6 nitrogen and oxygen atoms in total. The number of aromatic nitrogens is 4. The lowest BCUT2D eigenvalue weighted by Gasteiger charge is -2.03. The molecule has 1 fully saturated rings. The Morgan fingerprint density at radius 2 is 2.22 bits per heavy atom. The lowest BCUT2D eigenvalue weighted by molar-refractivity contribution is 0.439. The van der Waals surface area contributed by atoms with Crippen molar-refractivity contribution in [3.63, 3.8) is 0 Å². The summed E-state index contributed by atoms with van der Waals surface area (Å²) in [5, 5.41) is 10.2. The summed E-state index contributed by atoms with van der Waals surface area (Å²) in [6, 6.07) is 2.49. The van der Waals surface area contributed by atoms with Crippen LogP contribution in [0.1, 0.15) is 24.2 Å². The highest BCUT2D eigenvalue weighted by Gasteiger charge is 2.20. The van der Waals surface area contributed by atoms with Gasteiger partial charge in [0, 0.05) is 24.3 Å². The third kappa shape index (κ3) is 2.84. The number of hydrogen-bond donors (Lipinski definition) is 2. The fraction of sp³-hybridized carbons (Fsp3) is 0.417. The topological polar surface area (TPSA) is 75.7 Å². The average molecular weight is 245 g/mol. The summed E-state index contributed by atoms with van der Waals surface area (Å²) in [5.41, 5.74) is 1.87. The van der Waals surface area contributed by atoms with E-state index in [0.717, 1.165) is 17.9 Å². The second kappa shape index (κ2) is 4.73. The van der Waals surface area contributed by atoms with E-state index in [9.17, 15) is 0 Å². The molecule has 0 atom stereocenters. The van der Waals surface area contributed by atoms with E-state index >= 15 is 0 Å². The van der Waals surface area contributed by atoms with E-state index in [2.05, 4.69) is 25.5 Å². The van der Waals surface area contributed by atoms with Crippen LogP contribution in [-0.4, -0.2) is 26.2 Å². The monoisotopic (exact) mass is 245 g/mol. The SMILES string of the molecule is Cc1cc(Oc2cnc(CNC3CC3)cn2)n[nH]1. The molecule has 0 amide bonds. The summed E-state index contributed by atoms with van der Waals surface area (Å²) in [7, 11) is 0. The lowest BCUT2D eigenvalue weighted by atomic mass is 10.4. The van der Waals surface area contributed by atoms with Gasteiger partial charge in [-0.05, 0) is 19.8 Å². The Kier molecular flexibility index (Phi) is 2.93. The van der Waals surface area contributed by atoms with Crippen molar-refractivity contribution in [3.05, 3.63) is 29.8 Å². The maximum atomic E-state index is 5.46. The molecule has 6 heteroatoms. The molecule has 3 rings (SSSR count). The molecule has 0 spiro atoms. The van der Waals surface area contributed by atoms with Crippen LogP contribution in [0.25, 0.3) is 0 Å². The minimum absolute atomic E-state index is 0.455. The molecule has 1 aliphatic carbocycles. The van der Waals surface area contributed by atoms with Crippen molar-refractivity contribution in [3.8, 4) is 11.8 Å². The van der Waals surface area contributed by atoms with Crippen LogP contribution in [0.15, 0.2) is 18.5 Å². The van der Waals surface area contributed by atoms with Gasteiger partial charge < -0.3 is 10.1 Å². The van der Waals surface area contributed by atoms with Gasteiger partial charge in [0.15, 0.2) is 0 Å². The van der Waals surface area contributed by atoms with Gasteiger partial charge in [0.25, 0.3) is 0 Å². The normalized spacial score (nSPS) is 14.7. The molecule has 0 aromatic carbocycles. The van der Waals surface area contributed by atoms with Crippen LogP contribution < -0.4 is 10.1 Å². The smallest absolute Gasteiger partial charge is 0.240 e. The van der Waals surface area contributed by atoms with Crippen molar-refractivity contribution in [2.24, 2.45) is 0 Å². The first kappa shape index (κ1) is 11.2. The van der Waals surface area contributed by atoms with Gasteiger partial charge in [0.05, 0.1) is 18.1 Å². The molecule has 1 aliphatic rings. The highest BCUT2D eigenvalue weighted by Crippen LogP contribution is 2.19. The van der Waals surface area contributed by atoms with Crippen molar-refractivity contribution in [1.82, 2.24) is 25.5 Å². The molecular formula is C12H15N5O. The summed E-state index contributed by atoms with van der Waals surface area (Å²) in [6.07, 6.45) is 5.89. The second-order valence-electron chi connectivity index (χ2n) is 4.49. The van der Waals surface area contributed by atoms with E-state index in [-0.39, 0.29) is 0 Å². The van der Waals surface area contributed by atoms with Crippen LogP contribution in [0.5, 0.6) is 11.8 Å². The Morgan fingerprint density at radius 1 is 1.33 bits per heavy atom. The van der Waals surface area contributed by atoms with Crippen LogP contribution in [0.3, 0.4) is 0 Å². The Labute approximate surface area is 105 Å². The molecule has 94 valence electrons. The number of nitrogens with one attached hydrogen (secondary N) is 2. The number of hydrogen-bond acceptors (Lipinski definition) is 5. The van der Waals surface area contributed by atoms with Crippen molar-refractivity contribution >= 4 is 0 Å². The maximum Gasteiger partial charge on any atom is 0.240 e. The zero-order valence-electron chi connectivity index (χ0n) is 10.2. The molecule has 2 aromatic heterocycles. The summed E-state index contributed by atoms with van der Waals surface area (Å²) >= 11 is 0. The van der Waals surface area contributed by atoms with Crippen LogP contribution >= 0.6 is 0 Å². The van der Waals surface area contributed by atoms with Crippen LogP contribution in [0, 0.1) is 6.92 Å². The minimum Gasteiger partial charge on any atom is -0.417 e. The van der Waals surface area contributed by atoms with Crippen molar-refractivity contribution in [1.29, 1.82) is 0 Å². The van der Waals surface area contributed by atoms with Crippen LogP contribution in [0.4, 0.5) is 0 Å². The van der Waals surface area contributed by atoms with E-state index < -0.39 is 0 Å². The van der Waals surface area contributed by atoms with Gasteiger partial charge in [-0.2, -0.15) is 0 Å². The molecule has 0 aliphatic heterocycles. The van der Waals surface area contributed by atoms with Gasteiger partial charge in [-0.3, -0.25) is 10.1 Å². The van der Waals surface area contributed by atoms with Crippen LogP contribution in [-0.2, 0) is 6.54 Å². The molecule has 0 radical (unpaired) electrons. The highest BCUT2D eigenvalue weighted by molar-refractivity contribution is 5.19. The Hall–Kier alpha value is -1.95. The first-order valence-electron chi connectivity index (χ1n) is 6.04. The first-order chi connectivity index (χ1) is 8.79. The van der Waals surface area contributed by atoms with Crippen molar-refractivity contribution < 1.29 is 4.74 Å². The standard InChI is InChI=1S/C12H15N5O/c1-8-4-11(17-16-8)18-12-7-14-10(6-15-12)5-13-9-2-3-9/h4,6-7,9,13H,2-3,5H2,1H3,(H,16,17). The van der Waals surface area contributed by atoms with Gasteiger partial charge >= 0.3 is 0 Å². The third-order valence-electron chi connectivity index (χ3n) is 2.72. The van der Waals surface area contributed by atoms with E-state index in [4.69, 9.17) is 4.74 Å². The van der Waals surface area contributed by atoms with Crippen molar-refractivity contribution in [2.75, 3.05) is 0 Å². The van der Waals surface area contributed by atoms with Gasteiger partial charge in [0.2, 0.25) is 11.8 Å². The number of ether oxygens (including phenoxy) is 1. The highest BCUT2D eigenvalue weighted by atomic mass is 16.5. The Bertz CT molecular complexity index is 518. The van der Waals surface area contributed by atoms with E-state index in [1.807, 2.05) is 13.0 Å². The molecule has 0 saturated heterocycles. The largest absolute Gasteiger partial charge is 0.417 e. The van der Waals surface area contributed by atoms with E-state index in [1.54, 1.807) is 12.4 Å². The zero-order chi connectivity index (χ0) is 12.4. The summed E-state index contributed by atoms with van der Waals surface area (Å²) in [6.45, 7) is 2.68. The predicted molar refractivity (Wildman–Crippen MR) is 65.3 cm³/mol. The van der Waals surface area contributed by atoms with Crippen molar-refractivity contribution in [2.45, 2.75) is 32.4 Å². The molecular weight excluding hydrogens is 230 g/mol. The fourth-order valence-electron chi connectivity index (χ4n) is 1.58. The molecule has 0 bridgehead atoms. The summed E-state index contributed by atoms with van der Waals surface area (Å²) < 4.78 is 5.46. The summed E-state index contributed by atoms with van der Waals surface area (Å²) in [4.78, 5) is 8.50. The molecule has 1 saturated carbocycles. The number of nitrogens with zero attached hydrogens (tertiary/aromatic N) is 3. The zero-order valence-corrected chi connectivity index (χ0v) is 10.2. The van der Waals surface area contributed by atoms with Crippen LogP contribution in [0.2, 0.25) is 0 Å². The number of aryl methyl sites for hydroxylation is 1. The first-order valence-corrected chi connectivity index (χ1v) is 6.04. The lowest BCUT2D eigenvalue weighted by Crippen LogP contribution is -2.16. The maximum absolute atomic E-state index is 5.46. The van der Waals surface area contributed by atoms with Gasteiger partial charge in [-0.25, -0.2) is 4.98 Å². The molecule has 18 heavy (non-hydrogen) atoms. The predicted octanol–water partition coefficient (Wildman–Crippen LogP) is 1.55.